The van der Waals surface area contributed by atoms with Crippen molar-refractivity contribution in [2.24, 2.45) is 12.8 Å². The van der Waals surface area contributed by atoms with Crippen molar-refractivity contribution in [1.29, 1.82) is 0 Å². The second-order valence-corrected chi connectivity index (χ2v) is 6.69. The average molecular weight is 271 g/mol. The summed E-state index contributed by atoms with van der Waals surface area (Å²) >= 11 is 0. The van der Waals surface area contributed by atoms with Gasteiger partial charge in [-0.05, 0) is 24.5 Å². The minimum atomic E-state index is 0.0427. The molecule has 0 amide bonds. The van der Waals surface area contributed by atoms with Crippen LogP contribution in [0.15, 0.2) is 30.5 Å². The summed E-state index contributed by atoms with van der Waals surface area (Å²) in [4.78, 5) is 0. The minimum Gasteiger partial charge on any atom is -0.328 e. The first-order valence-electron chi connectivity index (χ1n) is 7.16. The molecule has 108 valence electrons. The number of aromatic nitrogens is 2. The molecule has 2 aromatic rings. The van der Waals surface area contributed by atoms with Gasteiger partial charge in [0.15, 0.2) is 0 Å². The second-order valence-electron chi connectivity index (χ2n) is 6.69. The number of nitrogens with zero attached hydrogens (tertiary/aromatic N) is 2. The van der Waals surface area contributed by atoms with Crippen molar-refractivity contribution >= 4 is 0 Å². The Morgan fingerprint density at radius 2 is 1.80 bits per heavy atom. The molecule has 0 aliphatic carbocycles. The molecular weight excluding hydrogens is 246 g/mol. The van der Waals surface area contributed by atoms with E-state index in [9.17, 15) is 0 Å². The summed E-state index contributed by atoms with van der Waals surface area (Å²) in [6, 6.07) is 8.87. The molecule has 1 atom stereocenters. The highest BCUT2D eigenvalue weighted by Crippen LogP contribution is 2.31. The van der Waals surface area contributed by atoms with Crippen LogP contribution in [0.3, 0.4) is 0 Å². The normalized spacial score (nSPS) is 13.5. The van der Waals surface area contributed by atoms with Crippen molar-refractivity contribution in [3.63, 3.8) is 0 Å². The Morgan fingerprint density at radius 1 is 1.20 bits per heavy atom. The number of nitrogens with two attached hydrogens (primary N) is 1. The van der Waals surface area contributed by atoms with E-state index in [4.69, 9.17) is 5.73 Å². The van der Waals surface area contributed by atoms with Gasteiger partial charge >= 0.3 is 0 Å². The fourth-order valence-corrected chi connectivity index (χ4v) is 2.45. The van der Waals surface area contributed by atoms with Gasteiger partial charge in [-0.3, -0.25) is 4.68 Å². The van der Waals surface area contributed by atoms with Gasteiger partial charge in [0.05, 0.1) is 5.69 Å². The van der Waals surface area contributed by atoms with Crippen molar-refractivity contribution in [2.75, 3.05) is 0 Å². The average Bonchev–Trinajstić information content (AvgIpc) is 2.71. The van der Waals surface area contributed by atoms with Crippen LogP contribution in [0.2, 0.25) is 0 Å². The van der Waals surface area contributed by atoms with E-state index >= 15 is 0 Å². The molecule has 1 aromatic heterocycles. The highest BCUT2D eigenvalue weighted by molar-refractivity contribution is 5.66. The molecule has 3 nitrogen and oxygen atoms in total. The maximum Gasteiger partial charge on any atom is 0.0756 e. The van der Waals surface area contributed by atoms with Gasteiger partial charge in [-0.25, -0.2) is 0 Å². The Kier molecular flexibility index (Phi) is 4.00. The number of hydrogen-bond donors (Lipinski definition) is 1. The Hall–Kier alpha value is -1.61. The van der Waals surface area contributed by atoms with E-state index in [1.807, 2.05) is 18.7 Å². The van der Waals surface area contributed by atoms with E-state index in [0.717, 1.165) is 12.1 Å². The molecular formula is C17H25N3. The highest BCUT2D eigenvalue weighted by Gasteiger charge is 2.22. The van der Waals surface area contributed by atoms with Crippen molar-refractivity contribution < 1.29 is 0 Å². The van der Waals surface area contributed by atoms with Gasteiger partial charge in [0.25, 0.3) is 0 Å². The first kappa shape index (κ1) is 14.8. The Bertz CT molecular complexity index is 571. The smallest absolute Gasteiger partial charge is 0.0756 e. The van der Waals surface area contributed by atoms with Gasteiger partial charge in [-0.1, -0.05) is 45.0 Å². The van der Waals surface area contributed by atoms with Crippen LogP contribution in [0.5, 0.6) is 0 Å². The topological polar surface area (TPSA) is 43.8 Å². The van der Waals surface area contributed by atoms with Gasteiger partial charge in [-0.2, -0.15) is 5.10 Å². The van der Waals surface area contributed by atoms with Gasteiger partial charge in [-0.15, -0.1) is 0 Å². The molecule has 1 unspecified atom stereocenters. The zero-order chi connectivity index (χ0) is 14.9. The zero-order valence-corrected chi connectivity index (χ0v) is 13.1. The summed E-state index contributed by atoms with van der Waals surface area (Å²) in [5.41, 5.74) is 10.7. The third-order valence-electron chi connectivity index (χ3n) is 3.36. The molecule has 0 bridgehead atoms. The summed E-state index contributed by atoms with van der Waals surface area (Å²) in [7, 11) is 1.98. The second kappa shape index (κ2) is 5.41. The fourth-order valence-electron chi connectivity index (χ4n) is 2.45. The van der Waals surface area contributed by atoms with Gasteiger partial charge < -0.3 is 5.73 Å². The first-order valence-corrected chi connectivity index (χ1v) is 7.16. The molecule has 0 aliphatic rings. The van der Waals surface area contributed by atoms with Gasteiger partial charge in [0, 0.05) is 30.3 Å². The quantitative estimate of drug-likeness (QED) is 0.931. The van der Waals surface area contributed by atoms with Crippen LogP contribution in [-0.2, 0) is 18.9 Å². The zero-order valence-electron chi connectivity index (χ0n) is 13.1. The minimum absolute atomic E-state index is 0.0427. The van der Waals surface area contributed by atoms with Crippen LogP contribution in [0, 0.1) is 0 Å². The fraction of sp³-hybridized carbons (Fsp3) is 0.471. The van der Waals surface area contributed by atoms with Crippen LogP contribution < -0.4 is 5.73 Å². The monoisotopic (exact) mass is 271 g/mol. The molecule has 0 fully saturated rings. The molecule has 20 heavy (non-hydrogen) atoms. The van der Waals surface area contributed by atoms with Gasteiger partial charge in [0.2, 0.25) is 0 Å². The number of aryl methyl sites for hydroxylation is 1. The molecule has 3 heteroatoms. The Morgan fingerprint density at radius 3 is 2.30 bits per heavy atom. The van der Waals surface area contributed by atoms with Crippen LogP contribution >= 0.6 is 0 Å². The van der Waals surface area contributed by atoms with Crippen LogP contribution in [0.1, 0.15) is 39.0 Å². The first-order chi connectivity index (χ1) is 9.27. The summed E-state index contributed by atoms with van der Waals surface area (Å²) < 4.78 is 1.89. The van der Waals surface area contributed by atoms with Crippen molar-refractivity contribution in [3.8, 4) is 11.1 Å². The van der Waals surface area contributed by atoms with Crippen LogP contribution in [0.25, 0.3) is 11.1 Å². The van der Waals surface area contributed by atoms with Crippen LogP contribution in [-0.4, -0.2) is 15.8 Å². The predicted octanol–water partition coefficient (Wildman–Crippen LogP) is 3.27. The van der Waals surface area contributed by atoms with Gasteiger partial charge in [0.1, 0.15) is 0 Å². The lowest BCUT2D eigenvalue weighted by molar-refractivity contribution is 0.554. The third kappa shape index (κ3) is 3.28. The van der Waals surface area contributed by atoms with E-state index in [-0.39, 0.29) is 11.5 Å². The third-order valence-corrected chi connectivity index (χ3v) is 3.36. The predicted molar refractivity (Wildman–Crippen MR) is 84.7 cm³/mol. The Balaban J connectivity index is 2.37. The van der Waals surface area contributed by atoms with Crippen LogP contribution in [0.4, 0.5) is 0 Å². The largest absolute Gasteiger partial charge is 0.328 e. The lowest BCUT2D eigenvalue weighted by Gasteiger charge is -2.17. The number of rotatable bonds is 3. The molecule has 2 rings (SSSR count). The molecule has 1 heterocycles. The molecule has 0 saturated carbocycles. The molecule has 0 saturated heterocycles. The standard InChI is InChI=1S/C17H25N3/c1-12(18)10-13-6-8-14(9-7-13)15-11-20(5)19-16(15)17(2,3)4/h6-9,11-12H,10,18H2,1-5H3. The summed E-state index contributed by atoms with van der Waals surface area (Å²) in [5, 5.41) is 4.63. The van der Waals surface area contributed by atoms with E-state index in [1.165, 1.54) is 16.7 Å². The molecule has 0 aliphatic heterocycles. The molecule has 2 N–H and O–H groups in total. The summed E-state index contributed by atoms with van der Waals surface area (Å²) in [5.74, 6) is 0. The molecule has 0 radical (unpaired) electrons. The van der Waals surface area contributed by atoms with Crippen molar-refractivity contribution in [2.45, 2.75) is 45.6 Å². The van der Waals surface area contributed by atoms with Crippen molar-refractivity contribution in [3.05, 3.63) is 41.7 Å². The van der Waals surface area contributed by atoms with E-state index in [0.29, 0.717) is 0 Å². The number of hydrogen-bond acceptors (Lipinski definition) is 2. The van der Waals surface area contributed by atoms with E-state index < -0.39 is 0 Å². The summed E-state index contributed by atoms with van der Waals surface area (Å²) in [6.45, 7) is 8.63. The molecule has 0 spiro atoms. The Labute approximate surface area is 121 Å². The lowest BCUT2D eigenvalue weighted by atomic mass is 9.87. The highest BCUT2D eigenvalue weighted by atomic mass is 15.3. The lowest BCUT2D eigenvalue weighted by Crippen LogP contribution is -2.17. The maximum absolute atomic E-state index is 5.84. The van der Waals surface area contributed by atoms with E-state index in [1.54, 1.807) is 0 Å². The maximum atomic E-state index is 5.84. The molecule has 1 aromatic carbocycles. The van der Waals surface area contributed by atoms with Crippen molar-refractivity contribution in [1.82, 2.24) is 9.78 Å². The SMILES string of the molecule is CC(N)Cc1ccc(-c2cn(C)nc2C(C)(C)C)cc1. The summed E-state index contributed by atoms with van der Waals surface area (Å²) in [6.07, 6.45) is 3.01. The van der Waals surface area contributed by atoms with E-state index in [2.05, 4.69) is 56.3 Å². The number of benzene rings is 1.